The van der Waals surface area contributed by atoms with Crippen LogP contribution in [0.4, 0.5) is 0 Å². The lowest BCUT2D eigenvalue weighted by Crippen LogP contribution is -2.42. The molecule has 0 bridgehead atoms. The Bertz CT molecular complexity index is 1510. The maximum atomic E-state index is 13.3. The molecule has 198 valence electrons. The molecule has 4 atom stereocenters. The maximum absolute atomic E-state index is 13.3. The van der Waals surface area contributed by atoms with Crippen molar-refractivity contribution in [2.24, 2.45) is 0 Å². The number of esters is 3. The van der Waals surface area contributed by atoms with Crippen molar-refractivity contribution in [2.45, 2.75) is 45.3 Å². The Hall–Kier alpha value is -4.01. The Labute approximate surface area is 228 Å². The van der Waals surface area contributed by atoms with Crippen LogP contribution in [0.1, 0.15) is 54.6 Å². The zero-order valence-corrected chi connectivity index (χ0v) is 21.3. The molecule has 0 amide bonds. The van der Waals surface area contributed by atoms with Gasteiger partial charge in [-0.1, -0.05) is 53.1 Å². The summed E-state index contributed by atoms with van der Waals surface area (Å²) in [4.78, 5) is 39.4. The second-order valence-corrected chi connectivity index (χ2v) is 8.58. The largest absolute Gasteiger partial charge is 0.459 e. The minimum atomic E-state index is -3.58. The van der Waals surface area contributed by atoms with Crippen molar-refractivity contribution < 1.29 is 44.9 Å². The number of carbonyl (C=O) groups is 3. The zero-order valence-electron chi connectivity index (χ0n) is 26.3. The highest BCUT2D eigenvalue weighted by Crippen LogP contribution is 2.29. The van der Waals surface area contributed by atoms with E-state index in [4.69, 9.17) is 29.2 Å². The molecule has 1 unspecified atom stereocenters. The van der Waals surface area contributed by atoms with Crippen LogP contribution >= 0.6 is 0 Å². The molecular weight excluding hydrogens is 488 g/mol. The molecule has 0 aromatic heterocycles. The van der Waals surface area contributed by atoms with Crippen molar-refractivity contribution in [1.82, 2.24) is 0 Å². The van der Waals surface area contributed by atoms with Gasteiger partial charge in [0.1, 0.15) is 12.6 Å². The first-order chi connectivity index (χ1) is 20.1. The lowest BCUT2D eigenvalue weighted by Gasteiger charge is -2.24. The van der Waals surface area contributed by atoms with E-state index in [1.54, 1.807) is 57.2 Å². The zero-order chi connectivity index (χ0) is 31.8. The van der Waals surface area contributed by atoms with E-state index < -0.39 is 49.0 Å². The van der Waals surface area contributed by atoms with Gasteiger partial charge >= 0.3 is 17.9 Å². The van der Waals surface area contributed by atoms with E-state index >= 15 is 0 Å². The quantitative estimate of drug-likeness (QED) is 0.312. The van der Waals surface area contributed by atoms with Gasteiger partial charge in [0.25, 0.3) is 0 Å². The van der Waals surface area contributed by atoms with Crippen molar-refractivity contribution in [3.8, 4) is 0 Å². The fourth-order valence-electron chi connectivity index (χ4n) is 3.38. The minimum absolute atomic E-state index is 0.0596. The summed E-state index contributed by atoms with van der Waals surface area (Å²) in [6.45, 7) is 1.73. The first-order valence-electron chi connectivity index (χ1n) is 14.2. The van der Waals surface area contributed by atoms with Crippen LogP contribution in [0.5, 0.6) is 0 Å². The summed E-state index contributed by atoms with van der Waals surface area (Å²) in [5, 5.41) is 0. The molecule has 1 heterocycles. The molecule has 38 heavy (non-hydrogen) atoms. The number of hydrogen-bond donors (Lipinski definition) is 0. The van der Waals surface area contributed by atoms with Gasteiger partial charge in [0.2, 0.25) is 0 Å². The van der Waals surface area contributed by atoms with Crippen molar-refractivity contribution >= 4 is 17.9 Å². The van der Waals surface area contributed by atoms with Crippen LogP contribution in [0.25, 0.3) is 0 Å². The highest BCUT2D eigenvalue weighted by atomic mass is 16.7. The smallest absolute Gasteiger partial charge is 0.338 e. The number of carbonyl (C=O) groups excluding carboxylic acids is 3. The molecule has 0 aliphatic carbocycles. The second kappa shape index (κ2) is 12.0. The second-order valence-electron chi connectivity index (χ2n) is 8.58. The number of methoxy groups -OCH3 is 1. The van der Waals surface area contributed by atoms with Gasteiger partial charge < -0.3 is 23.7 Å². The van der Waals surface area contributed by atoms with E-state index in [0.717, 1.165) is 23.8 Å². The first-order valence-corrected chi connectivity index (χ1v) is 11.7. The predicted octanol–water partition coefficient (Wildman–Crippen LogP) is 4.59. The maximum Gasteiger partial charge on any atom is 0.338 e. The Morgan fingerprint density at radius 3 is 1.53 bits per heavy atom. The molecule has 4 rings (SSSR count). The van der Waals surface area contributed by atoms with Gasteiger partial charge in [0, 0.05) is 7.11 Å². The fourth-order valence-corrected chi connectivity index (χ4v) is 3.38. The molecule has 3 aromatic carbocycles. The highest BCUT2D eigenvalue weighted by molar-refractivity contribution is 5.91. The van der Waals surface area contributed by atoms with E-state index in [1.165, 1.54) is 36.4 Å². The van der Waals surface area contributed by atoms with Crippen molar-refractivity contribution in [3.05, 3.63) is 106 Å². The average Bonchev–Trinajstić information content (AvgIpc) is 3.12. The molecule has 0 saturated carbocycles. The summed E-state index contributed by atoms with van der Waals surface area (Å²) < 4.78 is 71.0. The molecule has 3 aromatic rings. The predicted molar refractivity (Wildman–Crippen MR) is 138 cm³/mol. The van der Waals surface area contributed by atoms with Crippen LogP contribution in [-0.2, 0) is 23.7 Å². The summed E-state index contributed by atoms with van der Waals surface area (Å²) in [7, 11) is 0.996. The average molecular weight is 524 g/mol. The Kier molecular flexibility index (Phi) is 6.64. The topological polar surface area (TPSA) is 97.4 Å². The summed E-state index contributed by atoms with van der Waals surface area (Å²) in [6, 6.07) is 17.7. The molecule has 0 N–H and O–H groups in total. The highest BCUT2D eigenvalue weighted by Gasteiger charge is 2.50. The lowest BCUT2D eigenvalue weighted by molar-refractivity contribution is -0.155. The molecule has 8 nitrogen and oxygen atoms in total. The standard InChI is InChI=1S/C30H30O8/c1-18-5-11-21(12-6-18)27(31)35-17-24-25(37-28(32)22-13-7-19(2)8-14-22)26(30(34-4)36-24)38-29(33)23-15-9-20(3)10-16-23/h5-16,24-26,30H,17H2,1-4H3/t24-,25-,26-,30?/m1/s1/i17D2,24D,25D,26D. The SMILES string of the molecule is [2H]C([2H])(OC(=O)c1ccc(C)cc1)[C@@]1([2H])OC(OC)[C@]([2H])(OC(=O)c2ccc(C)cc2)[C@]1([2H])OC(=O)c1ccc(C)cc1. The molecule has 0 radical (unpaired) electrons. The van der Waals surface area contributed by atoms with E-state index in [9.17, 15) is 15.8 Å². The molecule has 1 aliphatic rings. The molecule has 8 heteroatoms. The molecule has 1 saturated heterocycles. The van der Waals surface area contributed by atoms with E-state index in [-0.39, 0.29) is 16.7 Å². The Morgan fingerprint density at radius 2 is 1.11 bits per heavy atom. The van der Waals surface area contributed by atoms with Crippen LogP contribution in [0.3, 0.4) is 0 Å². The van der Waals surface area contributed by atoms with Crippen molar-refractivity contribution in [3.63, 3.8) is 0 Å². The van der Waals surface area contributed by atoms with Crippen LogP contribution in [0.2, 0.25) is 0 Å². The van der Waals surface area contributed by atoms with Gasteiger partial charge in [-0.15, -0.1) is 0 Å². The summed E-state index contributed by atoms with van der Waals surface area (Å²) in [6.07, 6.45) is -12.4. The summed E-state index contributed by atoms with van der Waals surface area (Å²) in [5.41, 5.74) is 2.14. The first kappa shape index (κ1) is 21.0. The van der Waals surface area contributed by atoms with Gasteiger partial charge in [0.05, 0.1) is 23.5 Å². The van der Waals surface area contributed by atoms with Gasteiger partial charge in [-0.05, 0) is 57.2 Å². The minimum Gasteiger partial charge on any atom is -0.459 e. The van der Waals surface area contributed by atoms with Crippen LogP contribution in [0.15, 0.2) is 72.8 Å². The number of aryl methyl sites for hydroxylation is 3. The van der Waals surface area contributed by atoms with Crippen LogP contribution in [-0.4, -0.2) is 56.1 Å². The number of rotatable bonds is 8. The van der Waals surface area contributed by atoms with Gasteiger partial charge in [-0.2, -0.15) is 0 Å². The van der Waals surface area contributed by atoms with Crippen LogP contribution < -0.4 is 0 Å². The normalized spacial score (nSPS) is 28.6. The van der Waals surface area contributed by atoms with Gasteiger partial charge in [-0.3, -0.25) is 0 Å². The molecule has 1 aliphatic heterocycles. The van der Waals surface area contributed by atoms with Crippen molar-refractivity contribution in [1.29, 1.82) is 0 Å². The van der Waals surface area contributed by atoms with E-state index in [2.05, 4.69) is 0 Å². The number of benzene rings is 3. The fraction of sp³-hybridized carbons (Fsp3) is 0.300. The van der Waals surface area contributed by atoms with Gasteiger partial charge in [-0.25, -0.2) is 14.4 Å². The van der Waals surface area contributed by atoms with E-state index in [1.807, 2.05) is 0 Å². The third kappa shape index (κ3) is 6.45. The Balaban J connectivity index is 1.80. The lowest BCUT2D eigenvalue weighted by atomic mass is 10.1. The third-order valence-electron chi connectivity index (χ3n) is 5.58. The van der Waals surface area contributed by atoms with Crippen LogP contribution in [0, 0.1) is 20.8 Å². The Morgan fingerprint density at radius 1 is 0.711 bits per heavy atom. The number of hydrogen-bond acceptors (Lipinski definition) is 8. The van der Waals surface area contributed by atoms with Gasteiger partial charge in [0.15, 0.2) is 18.5 Å². The van der Waals surface area contributed by atoms with E-state index in [0.29, 0.717) is 0 Å². The molecular formula is C30H30O8. The third-order valence-corrected chi connectivity index (χ3v) is 5.58. The molecule has 0 spiro atoms. The molecule has 1 fully saturated rings. The summed E-state index contributed by atoms with van der Waals surface area (Å²) >= 11 is 0. The number of ether oxygens (including phenoxy) is 5. The summed E-state index contributed by atoms with van der Waals surface area (Å²) in [5.74, 6) is -3.68. The monoisotopic (exact) mass is 523 g/mol. The van der Waals surface area contributed by atoms with Crippen molar-refractivity contribution in [2.75, 3.05) is 13.7 Å².